The van der Waals surface area contributed by atoms with E-state index in [4.69, 9.17) is 4.52 Å². The number of rotatable bonds is 10. The summed E-state index contributed by atoms with van der Waals surface area (Å²) in [6, 6.07) is 0. The molecule has 0 saturated carbocycles. The van der Waals surface area contributed by atoms with E-state index in [9.17, 15) is 4.57 Å². The van der Waals surface area contributed by atoms with Crippen LogP contribution in [-0.2, 0) is 9.09 Å². The molecule has 4 heteroatoms. The van der Waals surface area contributed by atoms with Gasteiger partial charge in [-0.25, -0.2) is 0 Å². The maximum absolute atomic E-state index is 9.94. The van der Waals surface area contributed by atoms with Crippen molar-refractivity contribution in [1.82, 2.24) is 0 Å². The first-order chi connectivity index (χ1) is 6.41. The fraction of sp³-hybridized carbons (Fsp3) is 1.00. The van der Waals surface area contributed by atoms with Gasteiger partial charge in [0.2, 0.25) is 0 Å². The van der Waals surface area contributed by atoms with Crippen LogP contribution in [0.4, 0.5) is 0 Å². The average molecular weight is 229 g/mol. The summed E-state index contributed by atoms with van der Waals surface area (Å²) in [4.78, 5) is 0. The van der Waals surface area contributed by atoms with Gasteiger partial charge in [-0.2, -0.15) is 0 Å². The van der Waals surface area contributed by atoms with Crippen LogP contribution in [0.15, 0.2) is 0 Å². The molecule has 0 spiro atoms. The summed E-state index contributed by atoms with van der Waals surface area (Å²) in [5.41, 5.74) is 0. The molecule has 0 aromatic carbocycles. The zero-order chi connectivity index (χ0) is 9.78. The van der Waals surface area contributed by atoms with Gasteiger partial charge in [-0.1, -0.05) is 51.9 Å². The topological polar surface area (TPSA) is 26.3 Å². The predicted octanol–water partition coefficient (Wildman–Crippen LogP) is 1.20. The smallest absolute Gasteiger partial charge is 1.00 e. The van der Waals surface area contributed by atoms with Crippen molar-refractivity contribution < 1.29 is 40.1 Å². The third kappa shape index (κ3) is 15.5. The summed E-state index contributed by atoms with van der Waals surface area (Å²) in [5.74, 6) is 0. The third-order valence-corrected chi connectivity index (χ3v) is 2.48. The Morgan fingerprint density at radius 1 is 1.00 bits per heavy atom. The van der Waals surface area contributed by atoms with E-state index in [1.807, 2.05) is 0 Å². The summed E-state index contributed by atoms with van der Waals surface area (Å²) >= 11 is 0. The molecule has 80 valence electrons. The van der Waals surface area contributed by atoms with E-state index >= 15 is 0 Å². The van der Waals surface area contributed by atoms with Crippen molar-refractivity contribution >= 4 is 8.69 Å². The van der Waals surface area contributed by atoms with Gasteiger partial charge in [0.05, 0.1) is 0 Å². The van der Waals surface area contributed by atoms with Crippen LogP contribution in [0.2, 0.25) is 0 Å². The van der Waals surface area contributed by atoms with Crippen molar-refractivity contribution in [1.29, 1.82) is 0 Å². The van der Waals surface area contributed by atoms with Crippen LogP contribution in [0.1, 0.15) is 59.7 Å². The molecule has 0 radical (unpaired) electrons. The third-order valence-electron chi connectivity index (χ3n) is 2.16. The quantitative estimate of drug-likeness (QED) is 0.319. The molecule has 0 heterocycles. The fourth-order valence-electron chi connectivity index (χ4n) is 1.35. The van der Waals surface area contributed by atoms with E-state index < -0.39 is 8.69 Å². The molecule has 0 bridgehead atoms. The van der Waals surface area contributed by atoms with E-state index in [-0.39, 0.29) is 31.0 Å². The summed E-state index contributed by atoms with van der Waals surface area (Å²) in [6.45, 7) is 2.90. The molecule has 0 aliphatic rings. The zero-order valence-electron chi connectivity index (χ0n) is 10.7. The molecule has 1 atom stereocenters. The van der Waals surface area contributed by atoms with Gasteiger partial charge in [-0.15, -0.1) is 4.52 Å². The monoisotopic (exact) mass is 229 g/mol. The zero-order valence-corrected chi connectivity index (χ0v) is 12.7. The molecule has 0 saturated heterocycles. The van der Waals surface area contributed by atoms with Crippen LogP contribution >= 0.6 is 8.69 Å². The minimum Gasteiger partial charge on any atom is -1.00 e. The molecule has 0 N–H and O–H groups in total. The van der Waals surface area contributed by atoms with Gasteiger partial charge in [-0.3, -0.25) is 0 Å². The van der Waals surface area contributed by atoms with Gasteiger partial charge in [0.1, 0.15) is 6.61 Å². The van der Waals surface area contributed by atoms with Crippen LogP contribution < -0.4 is 29.6 Å². The summed E-state index contributed by atoms with van der Waals surface area (Å²) in [6.07, 6.45) is 10.4. The molecule has 0 aliphatic carbocycles. The molecule has 0 rings (SSSR count). The van der Waals surface area contributed by atoms with Crippen LogP contribution in [0.25, 0.3) is 0 Å². The molecule has 0 fully saturated rings. The molecule has 1 unspecified atom stereocenters. The molecule has 0 aromatic heterocycles. The Labute approximate surface area is 113 Å². The maximum Gasteiger partial charge on any atom is 1.00 e. The molecule has 14 heavy (non-hydrogen) atoms. The van der Waals surface area contributed by atoms with Crippen LogP contribution in [0, 0.1) is 0 Å². The Balaban J connectivity index is -0.000000720. The van der Waals surface area contributed by atoms with Gasteiger partial charge >= 0.3 is 38.2 Å². The van der Waals surface area contributed by atoms with Crippen molar-refractivity contribution in [2.24, 2.45) is 0 Å². The van der Waals surface area contributed by atoms with E-state index in [0.29, 0.717) is 6.61 Å². The Morgan fingerprint density at radius 3 is 2.00 bits per heavy atom. The largest absolute Gasteiger partial charge is 1.00 e. The van der Waals surface area contributed by atoms with Gasteiger partial charge in [0.25, 0.3) is 0 Å². The summed E-state index contributed by atoms with van der Waals surface area (Å²) in [7, 11) is -0.580. The summed E-state index contributed by atoms with van der Waals surface area (Å²) < 4.78 is 14.7. The normalized spacial score (nSPS) is 10.1. The van der Waals surface area contributed by atoms with Crippen molar-refractivity contribution in [2.45, 2.75) is 58.3 Å². The second-order valence-corrected chi connectivity index (χ2v) is 3.86. The number of hydrogen-bond donors (Lipinski definition) is 0. The van der Waals surface area contributed by atoms with Gasteiger partial charge in [-0.05, 0) is 11.0 Å². The van der Waals surface area contributed by atoms with Gasteiger partial charge in [0.15, 0.2) is 0 Å². The number of hydrogen-bond acceptors (Lipinski definition) is 2. The predicted molar refractivity (Wildman–Crippen MR) is 58.7 cm³/mol. The van der Waals surface area contributed by atoms with E-state index in [1.165, 1.54) is 44.9 Å². The maximum atomic E-state index is 9.94. The first-order valence-electron chi connectivity index (χ1n) is 5.40. The standard InChI is InChI=1S/C10H22O2P.Na.H/c1-2-3-4-5-6-7-8-9-10-12-13-11;;/h13H,2-10H2,1H3;;/q2*+1;-1. The summed E-state index contributed by atoms with van der Waals surface area (Å²) in [5, 5.41) is 0. The van der Waals surface area contributed by atoms with Crippen LogP contribution in [-0.4, -0.2) is 6.61 Å². The fourth-order valence-corrected chi connectivity index (χ4v) is 1.58. The van der Waals surface area contributed by atoms with E-state index in [2.05, 4.69) is 6.92 Å². The van der Waals surface area contributed by atoms with Gasteiger partial charge in [0, 0.05) is 0 Å². The second kappa shape index (κ2) is 16.5. The molecular weight excluding hydrogens is 206 g/mol. The second-order valence-electron chi connectivity index (χ2n) is 3.41. The van der Waals surface area contributed by atoms with Crippen molar-refractivity contribution in [2.75, 3.05) is 6.61 Å². The van der Waals surface area contributed by atoms with Crippen LogP contribution in [0.3, 0.4) is 0 Å². The number of unbranched alkanes of at least 4 members (excludes halogenated alkanes) is 7. The first kappa shape index (κ1) is 17.5. The molecule has 2 nitrogen and oxygen atoms in total. The Morgan fingerprint density at radius 2 is 1.50 bits per heavy atom. The van der Waals surface area contributed by atoms with Crippen molar-refractivity contribution in [3.63, 3.8) is 0 Å². The Kier molecular flexibility index (Phi) is 20.6. The van der Waals surface area contributed by atoms with Crippen molar-refractivity contribution in [3.05, 3.63) is 0 Å². The molecule has 0 aliphatic heterocycles. The Hall–Kier alpha value is 1.06. The minimum atomic E-state index is -0.580. The van der Waals surface area contributed by atoms with E-state index in [1.54, 1.807) is 0 Å². The Bertz CT molecular complexity index is 118. The molecular formula is C10H23NaO2P+. The van der Waals surface area contributed by atoms with Crippen LogP contribution in [0.5, 0.6) is 0 Å². The average Bonchev–Trinajstić information content (AvgIpc) is 2.16. The molecule has 0 amide bonds. The SMILES string of the molecule is CCCCCCCCCCO[PH+]=O.[H-].[Na+]. The van der Waals surface area contributed by atoms with E-state index in [0.717, 1.165) is 6.42 Å². The van der Waals surface area contributed by atoms with Gasteiger partial charge < -0.3 is 1.43 Å². The minimum absolute atomic E-state index is 0. The molecule has 0 aromatic rings. The first-order valence-corrected chi connectivity index (χ1v) is 6.22. The van der Waals surface area contributed by atoms with Crippen molar-refractivity contribution in [3.8, 4) is 0 Å².